The average molecular weight is 361 g/mol. The van der Waals surface area contributed by atoms with Crippen molar-refractivity contribution in [1.29, 1.82) is 0 Å². The summed E-state index contributed by atoms with van der Waals surface area (Å²) in [6.07, 6.45) is 1.16. The third-order valence-electron chi connectivity index (χ3n) is 4.03. The zero-order valence-electron chi connectivity index (χ0n) is 14.9. The SMILES string of the molecule is Cc1ccc(OCC(=O)N[C@@H](C)c2ccc(S(C)(=O)=O)cc2)cc1C. The van der Waals surface area contributed by atoms with Gasteiger partial charge in [-0.3, -0.25) is 4.79 Å². The lowest BCUT2D eigenvalue weighted by Crippen LogP contribution is -2.31. The molecule has 2 aromatic carbocycles. The molecule has 5 nitrogen and oxygen atoms in total. The predicted octanol–water partition coefficient (Wildman–Crippen LogP) is 2.96. The van der Waals surface area contributed by atoms with Gasteiger partial charge >= 0.3 is 0 Å². The van der Waals surface area contributed by atoms with Crippen LogP contribution in [-0.4, -0.2) is 27.2 Å². The fourth-order valence-corrected chi connectivity index (χ4v) is 2.95. The van der Waals surface area contributed by atoms with Gasteiger partial charge in [0.05, 0.1) is 10.9 Å². The molecule has 1 N–H and O–H groups in total. The van der Waals surface area contributed by atoms with Gasteiger partial charge in [-0.25, -0.2) is 8.42 Å². The van der Waals surface area contributed by atoms with E-state index in [0.29, 0.717) is 5.75 Å². The second-order valence-electron chi connectivity index (χ2n) is 6.17. The van der Waals surface area contributed by atoms with Crippen LogP contribution >= 0.6 is 0 Å². The van der Waals surface area contributed by atoms with Crippen LogP contribution in [0.2, 0.25) is 0 Å². The minimum atomic E-state index is -3.22. The minimum absolute atomic E-state index is 0.0751. The molecule has 1 amide bonds. The second-order valence-corrected chi connectivity index (χ2v) is 8.18. The Morgan fingerprint density at radius 1 is 1.08 bits per heavy atom. The largest absolute Gasteiger partial charge is 0.484 e. The van der Waals surface area contributed by atoms with Crippen LogP contribution in [0.5, 0.6) is 5.75 Å². The van der Waals surface area contributed by atoms with E-state index in [9.17, 15) is 13.2 Å². The maximum atomic E-state index is 12.0. The number of amides is 1. The summed E-state index contributed by atoms with van der Waals surface area (Å²) in [5.74, 6) is 0.418. The van der Waals surface area contributed by atoms with E-state index < -0.39 is 9.84 Å². The first-order chi connectivity index (χ1) is 11.7. The molecule has 0 aliphatic heterocycles. The Balaban J connectivity index is 1.92. The van der Waals surface area contributed by atoms with Crippen molar-refractivity contribution in [2.45, 2.75) is 31.7 Å². The molecular weight excluding hydrogens is 338 g/mol. The van der Waals surface area contributed by atoms with Gasteiger partial charge < -0.3 is 10.1 Å². The molecule has 0 heterocycles. The lowest BCUT2D eigenvalue weighted by atomic mass is 10.1. The average Bonchev–Trinajstić information content (AvgIpc) is 2.55. The number of rotatable bonds is 6. The first-order valence-corrected chi connectivity index (χ1v) is 9.85. The third-order valence-corrected chi connectivity index (χ3v) is 5.16. The van der Waals surface area contributed by atoms with E-state index in [-0.39, 0.29) is 23.5 Å². The summed E-state index contributed by atoms with van der Waals surface area (Å²) in [7, 11) is -3.22. The Morgan fingerprint density at radius 2 is 1.72 bits per heavy atom. The fourth-order valence-electron chi connectivity index (χ4n) is 2.32. The van der Waals surface area contributed by atoms with Crippen LogP contribution in [0.25, 0.3) is 0 Å². The fraction of sp³-hybridized carbons (Fsp3) is 0.316. The van der Waals surface area contributed by atoms with Crippen molar-refractivity contribution in [2.24, 2.45) is 0 Å². The molecule has 0 saturated carbocycles. The molecule has 2 rings (SSSR count). The molecule has 1 atom stereocenters. The van der Waals surface area contributed by atoms with Crippen LogP contribution < -0.4 is 10.1 Å². The zero-order chi connectivity index (χ0) is 18.6. The molecule has 0 unspecified atom stereocenters. The number of carbonyl (C=O) groups is 1. The van der Waals surface area contributed by atoms with Crippen molar-refractivity contribution in [3.63, 3.8) is 0 Å². The third kappa shape index (κ3) is 5.32. The van der Waals surface area contributed by atoms with Crippen LogP contribution in [0.4, 0.5) is 0 Å². The molecule has 2 aromatic rings. The predicted molar refractivity (Wildman–Crippen MR) is 97.5 cm³/mol. The number of nitrogens with one attached hydrogen (secondary N) is 1. The first kappa shape index (κ1) is 19.0. The minimum Gasteiger partial charge on any atom is -0.484 e. The summed E-state index contributed by atoms with van der Waals surface area (Å²) in [5, 5.41) is 2.84. The van der Waals surface area contributed by atoms with Gasteiger partial charge in [-0.2, -0.15) is 0 Å². The van der Waals surface area contributed by atoms with Crippen molar-refractivity contribution in [3.8, 4) is 5.75 Å². The number of carbonyl (C=O) groups excluding carboxylic acids is 1. The van der Waals surface area contributed by atoms with Gasteiger partial charge in [-0.1, -0.05) is 18.2 Å². The van der Waals surface area contributed by atoms with Crippen molar-refractivity contribution in [1.82, 2.24) is 5.32 Å². The summed E-state index contributed by atoms with van der Waals surface area (Å²) in [6, 6.07) is 11.9. The monoisotopic (exact) mass is 361 g/mol. The number of aryl methyl sites for hydroxylation is 2. The van der Waals surface area contributed by atoms with E-state index >= 15 is 0 Å². The molecule has 0 fully saturated rings. The Labute approximate surface area is 148 Å². The molecule has 6 heteroatoms. The molecule has 134 valence electrons. The highest BCUT2D eigenvalue weighted by atomic mass is 32.2. The standard InChI is InChI=1S/C19H23NO4S/c1-13-5-8-17(11-14(13)2)24-12-19(21)20-15(3)16-6-9-18(10-7-16)25(4,22)23/h5-11,15H,12H2,1-4H3,(H,20,21)/t15-/m0/s1. The highest BCUT2D eigenvalue weighted by Crippen LogP contribution is 2.18. The van der Waals surface area contributed by atoms with Gasteiger partial charge in [0.15, 0.2) is 16.4 Å². The van der Waals surface area contributed by atoms with Crippen molar-refractivity contribution < 1.29 is 17.9 Å². The van der Waals surface area contributed by atoms with Crippen LogP contribution in [0.15, 0.2) is 47.4 Å². The molecule has 0 radical (unpaired) electrons. The van der Waals surface area contributed by atoms with E-state index in [4.69, 9.17) is 4.74 Å². The van der Waals surface area contributed by atoms with E-state index in [1.54, 1.807) is 24.3 Å². The summed E-state index contributed by atoms with van der Waals surface area (Å²) >= 11 is 0. The summed E-state index contributed by atoms with van der Waals surface area (Å²) in [6.45, 7) is 5.77. The first-order valence-electron chi connectivity index (χ1n) is 7.96. The quantitative estimate of drug-likeness (QED) is 0.858. The van der Waals surface area contributed by atoms with E-state index in [1.165, 1.54) is 5.56 Å². The van der Waals surface area contributed by atoms with E-state index in [1.807, 2.05) is 39.0 Å². The molecule has 0 aliphatic carbocycles. The number of ether oxygens (including phenoxy) is 1. The van der Waals surface area contributed by atoms with Crippen molar-refractivity contribution in [3.05, 3.63) is 59.2 Å². The maximum Gasteiger partial charge on any atom is 0.258 e. The molecule has 0 aromatic heterocycles. The number of benzene rings is 2. The van der Waals surface area contributed by atoms with Gasteiger partial charge in [0.2, 0.25) is 0 Å². The Kier molecular flexibility index (Phi) is 5.85. The van der Waals surface area contributed by atoms with Gasteiger partial charge in [0.25, 0.3) is 5.91 Å². The molecule has 0 saturated heterocycles. The van der Waals surface area contributed by atoms with Gasteiger partial charge in [0, 0.05) is 6.26 Å². The summed E-state index contributed by atoms with van der Waals surface area (Å²) in [4.78, 5) is 12.3. The van der Waals surface area contributed by atoms with Crippen LogP contribution in [0, 0.1) is 13.8 Å². The lowest BCUT2D eigenvalue weighted by Gasteiger charge is -2.15. The van der Waals surface area contributed by atoms with Crippen molar-refractivity contribution in [2.75, 3.05) is 12.9 Å². The van der Waals surface area contributed by atoms with Gasteiger partial charge in [-0.05, 0) is 61.7 Å². The number of hydrogen-bond donors (Lipinski definition) is 1. The highest BCUT2D eigenvalue weighted by Gasteiger charge is 2.12. The van der Waals surface area contributed by atoms with Crippen LogP contribution in [-0.2, 0) is 14.6 Å². The normalized spacial score (nSPS) is 12.5. The molecule has 0 spiro atoms. The Morgan fingerprint density at radius 3 is 2.28 bits per heavy atom. The van der Waals surface area contributed by atoms with Gasteiger partial charge in [0.1, 0.15) is 5.75 Å². The second kappa shape index (κ2) is 7.70. The van der Waals surface area contributed by atoms with E-state index in [0.717, 1.165) is 17.4 Å². The molecule has 0 aliphatic rings. The molecule has 25 heavy (non-hydrogen) atoms. The van der Waals surface area contributed by atoms with Crippen molar-refractivity contribution >= 4 is 15.7 Å². The lowest BCUT2D eigenvalue weighted by molar-refractivity contribution is -0.123. The van der Waals surface area contributed by atoms with Crippen LogP contribution in [0.1, 0.15) is 29.7 Å². The Bertz CT molecular complexity index is 857. The molecular formula is C19H23NO4S. The smallest absolute Gasteiger partial charge is 0.258 e. The summed E-state index contributed by atoms with van der Waals surface area (Å²) < 4.78 is 28.5. The number of hydrogen-bond acceptors (Lipinski definition) is 4. The van der Waals surface area contributed by atoms with Crippen LogP contribution in [0.3, 0.4) is 0 Å². The topological polar surface area (TPSA) is 72.5 Å². The molecule has 0 bridgehead atoms. The van der Waals surface area contributed by atoms with E-state index in [2.05, 4.69) is 5.32 Å². The summed E-state index contributed by atoms with van der Waals surface area (Å²) in [5.41, 5.74) is 3.10. The Hall–Kier alpha value is -2.34. The zero-order valence-corrected chi connectivity index (χ0v) is 15.7. The maximum absolute atomic E-state index is 12.0. The number of sulfone groups is 1. The van der Waals surface area contributed by atoms with Gasteiger partial charge in [-0.15, -0.1) is 0 Å². The highest BCUT2D eigenvalue weighted by molar-refractivity contribution is 7.90.